The number of nitrogens with two attached hydrogens (primary N) is 2. The van der Waals surface area contributed by atoms with Crippen LogP contribution in [-0.2, 0) is 56.2 Å². The van der Waals surface area contributed by atoms with Gasteiger partial charge in [-0.25, -0.2) is 9.59 Å². The SMILES string of the molecule is CB=O.CCCC(N)C(O)C(=O)NCC(=O)N[C@H](C(=O)OCc1ccccc1)c1ccccc1.CCCC(N)C(O)C(=O)NCC(=O)N[C@H](C(=O)OCc1ccccc1)c1ccccc1.Cl. The molecule has 19 heteroatoms. The van der Waals surface area contributed by atoms with Gasteiger partial charge in [0.15, 0.2) is 12.1 Å². The van der Waals surface area contributed by atoms with E-state index in [1.165, 1.54) is 6.82 Å². The van der Waals surface area contributed by atoms with E-state index in [4.69, 9.17) is 25.6 Å². The Hall–Kier alpha value is -6.31. The third kappa shape index (κ3) is 22.1. The van der Waals surface area contributed by atoms with Crippen LogP contribution in [0.1, 0.15) is 73.9 Å². The fraction of sp³-hybridized carbons (Fsp3) is 0.362. The second kappa shape index (κ2) is 33.2. The van der Waals surface area contributed by atoms with Crippen molar-refractivity contribution >= 4 is 55.1 Å². The van der Waals surface area contributed by atoms with E-state index in [1.54, 1.807) is 60.7 Å². The van der Waals surface area contributed by atoms with Gasteiger partial charge >= 0.3 is 30.6 Å². The van der Waals surface area contributed by atoms with Crippen LogP contribution in [0.25, 0.3) is 0 Å². The van der Waals surface area contributed by atoms with E-state index in [2.05, 4.69) is 21.3 Å². The number of halogens is 1. The van der Waals surface area contributed by atoms with Crippen LogP contribution in [-0.4, -0.2) is 90.3 Å². The van der Waals surface area contributed by atoms with E-state index in [0.29, 0.717) is 24.0 Å². The molecule has 4 amide bonds. The van der Waals surface area contributed by atoms with Gasteiger partial charge in [0.25, 0.3) is 11.8 Å². The molecule has 0 saturated heterocycles. The van der Waals surface area contributed by atoms with Crippen molar-refractivity contribution in [3.05, 3.63) is 144 Å². The molecular formula is C47H62BClN6O11. The van der Waals surface area contributed by atoms with Crippen molar-refractivity contribution in [2.24, 2.45) is 11.5 Å². The molecule has 0 bridgehead atoms. The number of nitrogens with one attached hydrogen (secondary N) is 4. The minimum absolute atomic E-state index is 0. The monoisotopic (exact) mass is 932 g/mol. The van der Waals surface area contributed by atoms with Crippen LogP contribution in [0.4, 0.5) is 0 Å². The molecule has 4 unspecified atom stereocenters. The van der Waals surface area contributed by atoms with Gasteiger partial charge in [0, 0.05) is 12.1 Å². The van der Waals surface area contributed by atoms with Gasteiger partial charge in [0.1, 0.15) is 25.4 Å². The number of carbonyl (C=O) groups excluding carboxylic acids is 6. The topological polar surface area (TPSA) is 279 Å². The predicted molar refractivity (Wildman–Crippen MR) is 250 cm³/mol. The van der Waals surface area contributed by atoms with Gasteiger partial charge in [-0.3, -0.25) is 19.2 Å². The third-order valence-corrected chi connectivity index (χ3v) is 9.23. The number of ether oxygens (including phenoxy) is 2. The molecule has 0 saturated carbocycles. The average Bonchev–Trinajstić information content (AvgIpc) is 3.33. The Morgan fingerprint density at radius 2 is 0.848 bits per heavy atom. The van der Waals surface area contributed by atoms with Crippen LogP contribution < -0.4 is 32.7 Å². The van der Waals surface area contributed by atoms with Crippen LogP contribution >= 0.6 is 12.4 Å². The summed E-state index contributed by atoms with van der Waals surface area (Å²) in [6.07, 6.45) is -0.429. The van der Waals surface area contributed by atoms with Gasteiger partial charge < -0.3 is 52.4 Å². The van der Waals surface area contributed by atoms with Crippen molar-refractivity contribution in [1.29, 1.82) is 0 Å². The van der Waals surface area contributed by atoms with E-state index < -0.39 is 85.0 Å². The zero-order valence-electron chi connectivity index (χ0n) is 37.4. The van der Waals surface area contributed by atoms with Crippen LogP contribution in [0, 0.1) is 0 Å². The zero-order chi connectivity index (χ0) is 48.0. The third-order valence-electron chi connectivity index (χ3n) is 9.23. The molecule has 0 aliphatic carbocycles. The summed E-state index contributed by atoms with van der Waals surface area (Å²) in [7, 11) is 0.750. The predicted octanol–water partition coefficient (Wildman–Crippen LogP) is 2.89. The molecule has 66 heavy (non-hydrogen) atoms. The molecule has 0 heterocycles. The van der Waals surface area contributed by atoms with E-state index in [1.807, 2.05) is 74.5 Å². The standard InChI is InChI=1S/2C23H29N3O5.CH3BO.ClH/c2*1-2-9-18(24)21(28)22(29)25-14-19(27)26-20(17-12-7-4-8-13-17)23(30)31-15-16-10-5-3-6-11-16;1-2-3;/h2*3-8,10-13,18,20-21,28H,2,9,14-15,24H2,1H3,(H,25,29)(H,26,27);1H3;1H/t2*18?,20-,21?;;/m00../s1. The molecule has 0 aliphatic heterocycles. The number of hydrogen-bond acceptors (Lipinski definition) is 13. The summed E-state index contributed by atoms with van der Waals surface area (Å²) in [4.78, 5) is 74.1. The van der Waals surface area contributed by atoms with Gasteiger partial charge in [-0.2, -0.15) is 0 Å². The summed E-state index contributed by atoms with van der Waals surface area (Å²) in [6, 6.07) is 32.2. The van der Waals surface area contributed by atoms with E-state index in [-0.39, 0.29) is 25.6 Å². The molecule has 0 radical (unpaired) electrons. The van der Waals surface area contributed by atoms with Crippen molar-refractivity contribution in [3.8, 4) is 0 Å². The quantitative estimate of drug-likeness (QED) is 0.0417. The second-order valence-corrected chi connectivity index (χ2v) is 14.5. The van der Waals surface area contributed by atoms with Crippen LogP contribution in [0.5, 0.6) is 0 Å². The number of amides is 4. The summed E-state index contributed by atoms with van der Waals surface area (Å²) in [5.74, 6) is -3.93. The smallest absolute Gasteiger partial charge is 0.333 e. The molecule has 356 valence electrons. The molecule has 6 atom stereocenters. The Kier molecular flexibility index (Phi) is 29.0. The summed E-state index contributed by atoms with van der Waals surface area (Å²) in [5, 5.41) is 29.7. The van der Waals surface area contributed by atoms with Crippen molar-refractivity contribution in [2.45, 2.75) is 95.9 Å². The molecule has 4 aromatic rings. The largest absolute Gasteiger partial charge is 0.459 e. The maximum absolute atomic E-state index is 12.7. The molecule has 0 spiro atoms. The minimum Gasteiger partial charge on any atom is -0.459 e. The number of aliphatic hydroxyl groups excluding tert-OH is 2. The number of aliphatic hydroxyl groups is 2. The molecule has 10 N–H and O–H groups in total. The maximum Gasteiger partial charge on any atom is 0.333 e. The fourth-order valence-electron chi connectivity index (χ4n) is 5.81. The average molecular weight is 933 g/mol. The first-order chi connectivity index (χ1) is 31.3. The zero-order valence-corrected chi connectivity index (χ0v) is 38.2. The normalized spacial score (nSPS) is 12.8. The van der Waals surface area contributed by atoms with Crippen LogP contribution in [0.3, 0.4) is 0 Å². The summed E-state index contributed by atoms with van der Waals surface area (Å²) in [5.41, 5.74) is 14.2. The Morgan fingerprint density at radius 3 is 1.14 bits per heavy atom. The Bertz CT molecular complexity index is 1900. The summed E-state index contributed by atoms with van der Waals surface area (Å²) in [6.45, 7) is 4.53. The number of hydrogen-bond donors (Lipinski definition) is 8. The first-order valence-electron chi connectivity index (χ1n) is 21.2. The van der Waals surface area contributed by atoms with E-state index in [0.717, 1.165) is 31.1 Å². The van der Waals surface area contributed by atoms with Gasteiger partial charge in [-0.05, 0) is 35.1 Å². The Labute approximate surface area is 392 Å². The fourth-order valence-corrected chi connectivity index (χ4v) is 5.81. The number of benzene rings is 4. The molecule has 4 aromatic carbocycles. The van der Waals surface area contributed by atoms with Crippen LogP contribution in [0.15, 0.2) is 121 Å². The Morgan fingerprint density at radius 1 is 0.561 bits per heavy atom. The van der Waals surface area contributed by atoms with Gasteiger partial charge in [-0.15, -0.1) is 12.4 Å². The van der Waals surface area contributed by atoms with Gasteiger partial charge in [-0.1, -0.05) is 148 Å². The first-order valence-corrected chi connectivity index (χ1v) is 21.2. The van der Waals surface area contributed by atoms with E-state index >= 15 is 0 Å². The van der Waals surface area contributed by atoms with Gasteiger partial charge in [0.05, 0.1) is 13.1 Å². The summed E-state index contributed by atoms with van der Waals surface area (Å²) < 4.78 is 19.5. The number of rotatable bonds is 22. The van der Waals surface area contributed by atoms with Crippen LogP contribution in [0.2, 0.25) is 6.82 Å². The van der Waals surface area contributed by atoms with E-state index in [9.17, 15) is 39.0 Å². The number of carbonyl (C=O) groups is 6. The molecular weight excluding hydrogens is 871 g/mol. The molecule has 0 fully saturated rings. The van der Waals surface area contributed by atoms with Crippen molar-refractivity contribution < 1.29 is 53.2 Å². The van der Waals surface area contributed by atoms with Crippen molar-refractivity contribution in [1.82, 2.24) is 21.3 Å². The minimum atomic E-state index is -1.41. The molecule has 0 aliphatic rings. The molecule has 0 aromatic heterocycles. The second-order valence-electron chi connectivity index (χ2n) is 14.5. The van der Waals surface area contributed by atoms with Crippen molar-refractivity contribution in [3.63, 3.8) is 0 Å². The summed E-state index contributed by atoms with van der Waals surface area (Å²) >= 11 is 0. The molecule has 4 rings (SSSR count). The number of esters is 2. The van der Waals surface area contributed by atoms with Crippen molar-refractivity contribution in [2.75, 3.05) is 13.1 Å². The van der Waals surface area contributed by atoms with Gasteiger partial charge in [0.2, 0.25) is 11.8 Å². The molecule has 17 nitrogen and oxygen atoms in total. The maximum atomic E-state index is 12.7. The first kappa shape index (κ1) is 57.7. The Balaban J connectivity index is 0.000000614.